The predicted octanol–water partition coefficient (Wildman–Crippen LogP) is -1.57. The molecule has 0 saturated heterocycles. The Labute approximate surface area is 160 Å². The van der Waals surface area contributed by atoms with Gasteiger partial charge >= 0.3 is 26.2 Å². The molecule has 0 fully saturated rings. The van der Waals surface area contributed by atoms with E-state index in [1.165, 1.54) is 23.1 Å². The minimum atomic E-state index is 0. The summed E-state index contributed by atoms with van der Waals surface area (Å²) < 4.78 is 0. The Morgan fingerprint density at radius 2 is 1.67 bits per heavy atom. The van der Waals surface area contributed by atoms with Crippen molar-refractivity contribution in [3.8, 4) is 0 Å². The number of hydrogen-bond donors (Lipinski definition) is 1. The van der Waals surface area contributed by atoms with E-state index in [2.05, 4.69) is 45.8 Å². The average molecular weight is 404 g/mol. The first-order valence-electron chi connectivity index (χ1n) is 6.71. The fraction of sp³-hybridized carbons (Fsp3) is 0.471. The fourth-order valence-corrected chi connectivity index (χ4v) is 2.80. The number of aryl methyl sites for hydroxylation is 2. The minimum Gasteiger partial charge on any atom is -1.00 e. The van der Waals surface area contributed by atoms with Crippen molar-refractivity contribution in [2.75, 3.05) is 0 Å². The largest absolute Gasteiger partial charge is 4.00 e. The van der Waals surface area contributed by atoms with Crippen LogP contribution in [0.25, 0.3) is 0 Å². The summed E-state index contributed by atoms with van der Waals surface area (Å²) in [5.41, 5.74) is 10.4. The molecule has 1 N–H and O–H groups in total. The summed E-state index contributed by atoms with van der Waals surface area (Å²) >= 11 is 0. The molecule has 2 aromatic rings. The summed E-state index contributed by atoms with van der Waals surface area (Å²) in [5.74, 6) is 0.831. The van der Waals surface area contributed by atoms with Crippen LogP contribution in [0.15, 0.2) is 6.20 Å². The number of fused-ring (bicyclic) bond motifs is 1. The standard InChI is InChI=1S/C11H15.C6H8N.2ClH.Zr/c1-6-5-10-8(3)7(2)9(4)11(6)10;1-5-3-7-4-6(5)2;;;/h6H,5H2,1-4H3;3,7H,1-2H3;2*1H;/q2*-1;;;+4/p-2. The maximum atomic E-state index is 2.94. The Morgan fingerprint density at radius 1 is 1.10 bits per heavy atom. The van der Waals surface area contributed by atoms with Gasteiger partial charge in [-0.3, -0.25) is 0 Å². The molecule has 0 radical (unpaired) electrons. The fourth-order valence-electron chi connectivity index (χ4n) is 2.80. The normalized spacial score (nSPS) is 14.3. The summed E-state index contributed by atoms with van der Waals surface area (Å²) in [4.78, 5) is 2.87. The van der Waals surface area contributed by atoms with Crippen molar-refractivity contribution in [1.82, 2.24) is 4.98 Å². The van der Waals surface area contributed by atoms with E-state index < -0.39 is 0 Å². The molecule has 1 aromatic carbocycles. The van der Waals surface area contributed by atoms with E-state index in [0.29, 0.717) is 0 Å². The van der Waals surface area contributed by atoms with Crippen LogP contribution in [-0.4, -0.2) is 4.98 Å². The molecule has 1 aromatic heterocycles. The molecule has 0 amide bonds. The van der Waals surface area contributed by atoms with Crippen LogP contribution in [0.1, 0.15) is 51.8 Å². The third-order valence-electron chi connectivity index (χ3n) is 4.45. The molecule has 21 heavy (non-hydrogen) atoms. The van der Waals surface area contributed by atoms with Gasteiger partial charge in [0.05, 0.1) is 0 Å². The van der Waals surface area contributed by atoms with Crippen LogP contribution in [0, 0.1) is 40.8 Å². The summed E-state index contributed by atoms with van der Waals surface area (Å²) in [6.45, 7) is 13.2. The van der Waals surface area contributed by atoms with Crippen molar-refractivity contribution in [3.05, 3.63) is 51.3 Å². The molecule has 1 atom stereocenters. The van der Waals surface area contributed by atoms with Gasteiger partial charge in [-0.1, -0.05) is 53.9 Å². The molecule has 0 bridgehead atoms. The SMILES string of the molecule is Cc1[c-][nH]cc1C.Cc1c(C)c2[c-](c1C)C(C)C2.[Cl-].[Cl-].[Zr+4]. The molecule has 0 spiro atoms. The molecule has 0 saturated carbocycles. The smallest absolute Gasteiger partial charge is 1.00 e. The molecule has 1 heterocycles. The molecular formula is C17H23Cl2NZr. The van der Waals surface area contributed by atoms with Gasteiger partial charge in [0.25, 0.3) is 0 Å². The van der Waals surface area contributed by atoms with Gasteiger partial charge < -0.3 is 29.8 Å². The van der Waals surface area contributed by atoms with Crippen LogP contribution >= 0.6 is 0 Å². The number of H-pyrrole nitrogens is 1. The zero-order valence-electron chi connectivity index (χ0n) is 13.6. The molecule has 1 aliphatic rings. The van der Waals surface area contributed by atoms with Crippen molar-refractivity contribution in [3.63, 3.8) is 0 Å². The Morgan fingerprint density at radius 3 is 1.90 bits per heavy atom. The average Bonchev–Trinajstić information content (AvgIpc) is 2.75. The van der Waals surface area contributed by atoms with Crippen LogP contribution in [0.2, 0.25) is 0 Å². The van der Waals surface area contributed by atoms with Gasteiger partial charge in [0.1, 0.15) is 0 Å². The monoisotopic (exact) mass is 401 g/mol. The van der Waals surface area contributed by atoms with E-state index in [-0.39, 0.29) is 51.0 Å². The molecule has 0 aliphatic heterocycles. The Bertz CT molecular complexity index is 534. The molecular weight excluding hydrogens is 380 g/mol. The van der Waals surface area contributed by atoms with Gasteiger partial charge in [-0.15, -0.1) is 18.0 Å². The predicted molar refractivity (Wildman–Crippen MR) is 77.5 cm³/mol. The van der Waals surface area contributed by atoms with E-state index >= 15 is 0 Å². The maximum absolute atomic E-state index is 2.94. The summed E-state index contributed by atoms with van der Waals surface area (Å²) in [5, 5.41) is 0. The molecule has 4 heteroatoms. The first-order chi connectivity index (χ1) is 8.43. The number of halogens is 2. The molecule has 114 valence electrons. The zero-order chi connectivity index (χ0) is 13.4. The minimum absolute atomic E-state index is 0. The van der Waals surface area contributed by atoms with Gasteiger partial charge in [0.15, 0.2) is 0 Å². The first-order valence-corrected chi connectivity index (χ1v) is 6.71. The van der Waals surface area contributed by atoms with E-state index in [4.69, 9.17) is 0 Å². The number of aromatic nitrogens is 1. The summed E-state index contributed by atoms with van der Waals surface area (Å²) in [6, 6.07) is 0. The van der Waals surface area contributed by atoms with Gasteiger partial charge in [0.2, 0.25) is 0 Å². The van der Waals surface area contributed by atoms with Gasteiger partial charge in [-0.2, -0.15) is 33.4 Å². The van der Waals surface area contributed by atoms with Crippen LogP contribution < -0.4 is 24.8 Å². The quantitative estimate of drug-likeness (QED) is 0.512. The van der Waals surface area contributed by atoms with Crippen molar-refractivity contribution in [1.29, 1.82) is 0 Å². The van der Waals surface area contributed by atoms with Crippen molar-refractivity contribution >= 4 is 0 Å². The van der Waals surface area contributed by atoms with Crippen molar-refractivity contribution in [2.24, 2.45) is 0 Å². The second-order valence-electron chi connectivity index (χ2n) is 5.59. The topological polar surface area (TPSA) is 15.8 Å². The Kier molecular flexibility index (Phi) is 10.3. The third-order valence-corrected chi connectivity index (χ3v) is 4.45. The molecule has 1 unspecified atom stereocenters. The van der Waals surface area contributed by atoms with E-state index in [1.54, 1.807) is 22.3 Å². The van der Waals surface area contributed by atoms with Crippen LogP contribution in [0.4, 0.5) is 0 Å². The van der Waals surface area contributed by atoms with Gasteiger partial charge in [-0.05, 0) is 0 Å². The van der Waals surface area contributed by atoms with Crippen LogP contribution in [-0.2, 0) is 32.6 Å². The van der Waals surface area contributed by atoms with Crippen molar-refractivity contribution in [2.45, 2.75) is 53.9 Å². The van der Waals surface area contributed by atoms with Crippen LogP contribution in [0.3, 0.4) is 0 Å². The van der Waals surface area contributed by atoms with E-state index in [0.717, 1.165) is 5.92 Å². The molecule has 1 aliphatic carbocycles. The van der Waals surface area contributed by atoms with Crippen molar-refractivity contribution < 1.29 is 51.0 Å². The maximum Gasteiger partial charge on any atom is 4.00 e. The number of aromatic amines is 1. The second kappa shape index (κ2) is 9.28. The van der Waals surface area contributed by atoms with Gasteiger partial charge in [0, 0.05) is 0 Å². The molecule has 1 nitrogen and oxygen atoms in total. The zero-order valence-corrected chi connectivity index (χ0v) is 17.6. The molecule has 3 rings (SSSR count). The number of hydrogen-bond acceptors (Lipinski definition) is 0. The van der Waals surface area contributed by atoms with Crippen LogP contribution in [0.5, 0.6) is 0 Å². The van der Waals surface area contributed by atoms with Gasteiger partial charge in [-0.25, -0.2) is 0 Å². The third kappa shape index (κ3) is 4.53. The summed E-state index contributed by atoms with van der Waals surface area (Å²) in [6.07, 6.45) is 6.20. The van der Waals surface area contributed by atoms with E-state index in [9.17, 15) is 0 Å². The van der Waals surface area contributed by atoms with E-state index in [1.807, 2.05) is 13.1 Å². The number of nitrogens with one attached hydrogen (secondary N) is 1. The first kappa shape index (κ1) is 23.4. The Balaban J connectivity index is 0. The second-order valence-corrected chi connectivity index (χ2v) is 5.59. The number of rotatable bonds is 0. The summed E-state index contributed by atoms with van der Waals surface area (Å²) in [7, 11) is 0. The Hall–Kier alpha value is 0.0931.